The Labute approximate surface area is 116 Å². The van der Waals surface area contributed by atoms with E-state index in [0.29, 0.717) is 6.54 Å². The lowest BCUT2D eigenvalue weighted by Crippen LogP contribution is -2.19. The van der Waals surface area contributed by atoms with E-state index in [1.165, 1.54) is 6.07 Å². The third-order valence-electron chi connectivity index (χ3n) is 2.32. The Balaban J connectivity index is 0.00000361. The minimum absolute atomic E-state index is 0. The van der Waals surface area contributed by atoms with E-state index in [0.717, 1.165) is 12.1 Å². The van der Waals surface area contributed by atoms with Crippen molar-refractivity contribution >= 4 is 11.4 Å². The Kier molecular flexibility index (Phi) is 5.56. The number of benzene rings is 1. The molecule has 0 fully saturated rings. The number of nitrogens with one attached hydrogen (secondary N) is 1. The normalized spacial score (nSPS) is 11.7. The second-order valence-corrected chi connectivity index (χ2v) is 5.40. The second-order valence-electron chi connectivity index (χ2n) is 5.40. The molecule has 0 saturated heterocycles. The summed E-state index contributed by atoms with van der Waals surface area (Å²) in [4.78, 5) is 9.55. The van der Waals surface area contributed by atoms with Gasteiger partial charge in [0.25, 0.3) is 5.69 Å². The maximum atomic E-state index is 12.7. The fraction of sp³-hybridized carbons (Fsp3) is 0.538. The van der Waals surface area contributed by atoms with E-state index >= 15 is 0 Å². The molecule has 0 spiro atoms. The molecule has 114 valence electrons. The molecular formula is C13H19F3N2O2. The standard InChI is InChI=1S/C12H15F3N2O2.CH4/c1-11(2,3)7-16-8-4-5-10(17(18)19)9(6-8)12(13,14)15;/h4-6,16H,7H2,1-3H3;1H4. The zero-order chi connectivity index (χ0) is 14.8. The molecule has 20 heavy (non-hydrogen) atoms. The van der Waals surface area contributed by atoms with Crippen LogP contribution in [-0.4, -0.2) is 11.5 Å². The Morgan fingerprint density at radius 3 is 2.20 bits per heavy atom. The number of nitro benzene ring substituents is 1. The third-order valence-corrected chi connectivity index (χ3v) is 2.32. The van der Waals surface area contributed by atoms with Crippen LogP contribution in [0, 0.1) is 15.5 Å². The Morgan fingerprint density at radius 1 is 1.25 bits per heavy atom. The topological polar surface area (TPSA) is 55.2 Å². The van der Waals surface area contributed by atoms with Gasteiger partial charge in [0, 0.05) is 18.3 Å². The minimum Gasteiger partial charge on any atom is -0.385 e. The zero-order valence-corrected chi connectivity index (χ0v) is 10.8. The van der Waals surface area contributed by atoms with Gasteiger partial charge in [0.15, 0.2) is 0 Å². The average Bonchev–Trinajstić information content (AvgIpc) is 2.23. The van der Waals surface area contributed by atoms with Gasteiger partial charge in [-0.15, -0.1) is 0 Å². The van der Waals surface area contributed by atoms with Crippen LogP contribution in [0.3, 0.4) is 0 Å². The molecule has 1 N–H and O–H groups in total. The summed E-state index contributed by atoms with van der Waals surface area (Å²) in [5, 5.41) is 13.4. The highest BCUT2D eigenvalue weighted by atomic mass is 19.4. The van der Waals surface area contributed by atoms with Crippen molar-refractivity contribution in [2.45, 2.75) is 34.4 Å². The van der Waals surface area contributed by atoms with Gasteiger partial charge in [-0.1, -0.05) is 28.2 Å². The van der Waals surface area contributed by atoms with Gasteiger partial charge in [-0.2, -0.15) is 13.2 Å². The van der Waals surface area contributed by atoms with Gasteiger partial charge in [0.2, 0.25) is 0 Å². The minimum atomic E-state index is -4.75. The van der Waals surface area contributed by atoms with E-state index in [9.17, 15) is 23.3 Å². The molecule has 1 aromatic rings. The van der Waals surface area contributed by atoms with E-state index in [1.807, 2.05) is 20.8 Å². The molecule has 1 aromatic carbocycles. The number of nitro groups is 1. The molecule has 0 atom stereocenters. The molecule has 0 aliphatic carbocycles. The summed E-state index contributed by atoms with van der Waals surface area (Å²) >= 11 is 0. The Morgan fingerprint density at radius 2 is 1.80 bits per heavy atom. The highest BCUT2D eigenvalue weighted by molar-refractivity contribution is 5.55. The van der Waals surface area contributed by atoms with Gasteiger partial charge in [-0.3, -0.25) is 10.1 Å². The van der Waals surface area contributed by atoms with Crippen molar-refractivity contribution in [3.8, 4) is 0 Å². The van der Waals surface area contributed by atoms with Gasteiger partial charge in [0.1, 0.15) is 5.56 Å². The number of hydrogen-bond acceptors (Lipinski definition) is 3. The quantitative estimate of drug-likeness (QED) is 0.648. The fourth-order valence-electron chi connectivity index (χ4n) is 1.40. The van der Waals surface area contributed by atoms with Crippen LogP contribution in [0.25, 0.3) is 0 Å². The van der Waals surface area contributed by atoms with Crippen LogP contribution in [0.2, 0.25) is 0 Å². The van der Waals surface area contributed by atoms with Gasteiger partial charge in [0.05, 0.1) is 4.92 Å². The van der Waals surface area contributed by atoms with Gasteiger partial charge < -0.3 is 5.32 Å². The maximum absolute atomic E-state index is 12.7. The Hall–Kier alpha value is -1.79. The SMILES string of the molecule is C.CC(C)(C)CNc1ccc([N+](=O)[O-])c(C(F)(F)F)c1. The summed E-state index contributed by atoms with van der Waals surface area (Å²) in [6.07, 6.45) is -4.75. The summed E-state index contributed by atoms with van der Waals surface area (Å²) in [6, 6.07) is 2.91. The van der Waals surface area contributed by atoms with Crippen LogP contribution in [0.5, 0.6) is 0 Å². The van der Waals surface area contributed by atoms with Crippen molar-refractivity contribution in [2.75, 3.05) is 11.9 Å². The monoisotopic (exact) mass is 292 g/mol. The van der Waals surface area contributed by atoms with Crippen LogP contribution in [0.4, 0.5) is 24.5 Å². The molecule has 0 aliphatic heterocycles. The second kappa shape index (κ2) is 6.11. The molecule has 0 unspecified atom stereocenters. The largest absolute Gasteiger partial charge is 0.423 e. The summed E-state index contributed by atoms with van der Waals surface area (Å²) in [5.74, 6) is 0. The van der Waals surface area contributed by atoms with Gasteiger partial charge >= 0.3 is 6.18 Å². The molecule has 0 heterocycles. The molecule has 0 bridgehead atoms. The molecular weight excluding hydrogens is 273 g/mol. The van der Waals surface area contributed by atoms with Crippen molar-refractivity contribution in [2.24, 2.45) is 5.41 Å². The van der Waals surface area contributed by atoms with Crippen molar-refractivity contribution < 1.29 is 18.1 Å². The lowest BCUT2D eigenvalue weighted by Gasteiger charge is -2.20. The third kappa shape index (κ3) is 5.07. The number of anilines is 1. The molecule has 0 aromatic heterocycles. The lowest BCUT2D eigenvalue weighted by molar-refractivity contribution is -0.388. The average molecular weight is 292 g/mol. The van der Waals surface area contributed by atoms with Crippen molar-refractivity contribution in [3.63, 3.8) is 0 Å². The summed E-state index contributed by atoms with van der Waals surface area (Å²) in [7, 11) is 0. The molecule has 7 heteroatoms. The van der Waals surface area contributed by atoms with E-state index in [4.69, 9.17) is 0 Å². The number of halogens is 3. The highest BCUT2D eigenvalue weighted by Crippen LogP contribution is 2.37. The predicted molar refractivity (Wildman–Crippen MR) is 72.8 cm³/mol. The van der Waals surface area contributed by atoms with E-state index in [2.05, 4.69) is 5.32 Å². The van der Waals surface area contributed by atoms with Crippen LogP contribution in [-0.2, 0) is 6.18 Å². The first-order valence-corrected chi connectivity index (χ1v) is 5.60. The lowest BCUT2D eigenvalue weighted by atomic mass is 9.97. The van der Waals surface area contributed by atoms with E-state index in [-0.39, 0.29) is 18.5 Å². The first kappa shape index (κ1) is 18.2. The first-order valence-electron chi connectivity index (χ1n) is 5.60. The molecule has 0 saturated carbocycles. The molecule has 0 radical (unpaired) electrons. The number of hydrogen-bond donors (Lipinski definition) is 1. The van der Waals surface area contributed by atoms with Crippen molar-refractivity contribution in [3.05, 3.63) is 33.9 Å². The summed E-state index contributed by atoms with van der Waals surface area (Å²) in [6.45, 7) is 6.24. The van der Waals surface area contributed by atoms with E-state index in [1.54, 1.807) is 0 Å². The Bertz CT molecular complexity index is 479. The predicted octanol–water partition coefficient (Wildman–Crippen LogP) is 4.71. The highest BCUT2D eigenvalue weighted by Gasteiger charge is 2.38. The summed E-state index contributed by atoms with van der Waals surface area (Å²) < 4.78 is 38.2. The maximum Gasteiger partial charge on any atom is 0.423 e. The van der Waals surface area contributed by atoms with Gasteiger partial charge in [-0.05, 0) is 17.5 Å². The fourth-order valence-corrected chi connectivity index (χ4v) is 1.40. The number of alkyl halides is 3. The molecule has 0 amide bonds. The number of nitrogens with zero attached hydrogens (tertiary/aromatic N) is 1. The first-order chi connectivity index (χ1) is 8.50. The van der Waals surface area contributed by atoms with Crippen LogP contribution >= 0.6 is 0 Å². The van der Waals surface area contributed by atoms with Crippen LogP contribution in [0.1, 0.15) is 33.8 Å². The molecule has 0 aliphatic rings. The van der Waals surface area contributed by atoms with E-state index < -0.39 is 22.4 Å². The van der Waals surface area contributed by atoms with Crippen molar-refractivity contribution in [1.82, 2.24) is 0 Å². The van der Waals surface area contributed by atoms with Crippen LogP contribution < -0.4 is 5.32 Å². The molecule has 1 rings (SSSR count). The van der Waals surface area contributed by atoms with Crippen molar-refractivity contribution in [1.29, 1.82) is 0 Å². The molecule has 4 nitrogen and oxygen atoms in total. The summed E-state index contributed by atoms with van der Waals surface area (Å²) in [5.41, 5.74) is -2.07. The zero-order valence-electron chi connectivity index (χ0n) is 10.8. The van der Waals surface area contributed by atoms with Gasteiger partial charge in [-0.25, -0.2) is 0 Å². The van der Waals surface area contributed by atoms with Crippen LogP contribution in [0.15, 0.2) is 18.2 Å². The smallest absolute Gasteiger partial charge is 0.385 e. The number of rotatable bonds is 3.